The number of nitrogens with zero attached hydrogens (tertiary/aromatic N) is 2. The number of hydrogen-bond acceptors (Lipinski definition) is 4. The zero-order valence-corrected chi connectivity index (χ0v) is 21.0. The van der Waals surface area contributed by atoms with Gasteiger partial charge in [0.05, 0.1) is 11.1 Å². The molecule has 34 heavy (non-hydrogen) atoms. The van der Waals surface area contributed by atoms with E-state index in [1.165, 1.54) is 11.1 Å². The lowest BCUT2D eigenvalue weighted by atomic mass is 9.95. The number of primary amides is 2. The third-order valence-electron chi connectivity index (χ3n) is 7.95. The van der Waals surface area contributed by atoms with Crippen molar-refractivity contribution in [2.45, 2.75) is 76.5 Å². The summed E-state index contributed by atoms with van der Waals surface area (Å²) in [5.74, 6) is -0.421. The maximum Gasteiger partial charge on any atom is 0.237 e. The molecule has 0 bridgehead atoms. The first-order valence-electron chi connectivity index (χ1n) is 12.3. The van der Waals surface area contributed by atoms with Gasteiger partial charge in [-0.2, -0.15) is 0 Å². The topological polar surface area (TPSA) is 92.7 Å². The van der Waals surface area contributed by atoms with E-state index >= 15 is 0 Å². The fraction of sp³-hybridized carbons (Fsp3) is 0.500. The Hall–Kier alpha value is -2.70. The second-order valence-corrected chi connectivity index (χ2v) is 10.0. The minimum atomic E-state index is -0.491. The van der Waals surface area contributed by atoms with Crippen LogP contribution in [0.2, 0.25) is 0 Å². The van der Waals surface area contributed by atoms with Crippen molar-refractivity contribution in [2.24, 2.45) is 11.5 Å². The van der Waals surface area contributed by atoms with Crippen LogP contribution in [0.25, 0.3) is 0 Å². The molecule has 0 unspecified atom stereocenters. The minimum Gasteiger partial charge on any atom is -0.368 e. The van der Waals surface area contributed by atoms with Crippen LogP contribution in [0.4, 0.5) is 0 Å². The van der Waals surface area contributed by atoms with Gasteiger partial charge in [-0.15, -0.1) is 0 Å². The van der Waals surface area contributed by atoms with Crippen LogP contribution in [0.1, 0.15) is 76.6 Å². The normalized spacial score (nSPS) is 26.9. The molecule has 2 fully saturated rings. The van der Waals surface area contributed by atoms with Crippen molar-refractivity contribution < 1.29 is 9.59 Å². The Morgan fingerprint density at radius 2 is 1.03 bits per heavy atom. The van der Waals surface area contributed by atoms with Crippen LogP contribution in [0, 0.1) is 0 Å². The number of benzene rings is 2. The minimum absolute atomic E-state index is 0.210. The summed E-state index contributed by atoms with van der Waals surface area (Å²) in [5, 5.41) is 0. The Labute approximate surface area is 204 Å². The Morgan fingerprint density at radius 3 is 1.32 bits per heavy atom. The summed E-state index contributed by atoms with van der Waals surface area (Å²) in [7, 11) is 0. The van der Waals surface area contributed by atoms with E-state index in [4.69, 9.17) is 11.5 Å². The molecule has 2 aliphatic rings. The van der Waals surface area contributed by atoms with Crippen molar-refractivity contribution in [3.05, 3.63) is 71.8 Å². The van der Waals surface area contributed by atoms with Gasteiger partial charge in [0, 0.05) is 12.1 Å². The molecule has 2 amide bonds. The molecule has 4 atom stereocenters. The van der Waals surface area contributed by atoms with E-state index in [2.05, 4.69) is 47.9 Å². The van der Waals surface area contributed by atoms with Gasteiger partial charge in [0.25, 0.3) is 0 Å². The Morgan fingerprint density at radius 1 is 0.706 bits per heavy atom. The first-order valence-corrected chi connectivity index (χ1v) is 12.3. The van der Waals surface area contributed by atoms with Crippen LogP contribution in [0.15, 0.2) is 60.7 Å². The van der Waals surface area contributed by atoms with Crippen LogP contribution in [-0.2, 0) is 9.59 Å². The molecule has 4 N–H and O–H groups in total. The van der Waals surface area contributed by atoms with E-state index in [-0.39, 0.29) is 23.9 Å². The van der Waals surface area contributed by atoms with Gasteiger partial charge >= 0.3 is 0 Å². The van der Waals surface area contributed by atoms with Gasteiger partial charge in [-0.3, -0.25) is 19.4 Å². The van der Waals surface area contributed by atoms with Gasteiger partial charge in [-0.05, 0) is 77.6 Å². The van der Waals surface area contributed by atoms with Crippen LogP contribution < -0.4 is 11.5 Å². The summed E-state index contributed by atoms with van der Waals surface area (Å²) in [6, 6.07) is 21.0. The van der Waals surface area contributed by atoms with Gasteiger partial charge < -0.3 is 11.5 Å². The van der Waals surface area contributed by atoms with E-state index < -0.39 is 11.1 Å². The van der Waals surface area contributed by atoms with Gasteiger partial charge in [0.15, 0.2) is 0 Å². The highest BCUT2D eigenvalue weighted by Crippen LogP contribution is 2.37. The lowest BCUT2D eigenvalue weighted by Gasteiger charge is -2.37. The predicted molar refractivity (Wildman–Crippen MR) is 137 cm³/mol. The molecule has 2 saturated heterocycles. The molecule has 2 aromatic carbocycles. The number of carbonyl (C=O) groups is 2. The monoisotopic (exact) mass is 464 g/mol. The lowest BCUT2D eigenvalue weighted by Crippen LogP contribution is -2.52. The lowest BCUT2D eigenvalue weighted by molar-refractivity contribution is -0.129. The molecular formula is C28H40N4O2. The summed E-state index contributed by atoms with van der Waals surface area (Å²) >= 11 is 0. The van der Waals surface area contributed by atoms with Crippen molar-refractivity contribution >= 4 is 11.8 Å². The number of likely N-dealkylation sites (tertiary alicyclic amines) is 2. The molecule has 6 heteroatoms. The molecular weight excluding hydrogens is 424 g/mol. The highest BCUT2D eigenvalue weighted by Gasteiger charge is 2.45. The average molecular weight is 465 g/mol. The molecule has 0 radical (unpaired) electrons. The molecule has 2 heterocycles. The number of hydrogen-bond donors (Lipinski definition) is 2. The van der Waals surface area contributed by atoms with Gasteiger partial charge in [0.1, 0.15) is 0 Å². The Bertz CT molecular complexity index is 887. The van der Waals surface area contributed by atoms with Gasteiger partial charge in [-0.25, -0.2) is 0 Å². The first kappa shape index (κ1) is 25.9. The molecule has 0 saturated carbocycles. The standard InChI is InChI=1S/2C14H20N2O/c2*1-11(12-7-4-3-5-8-12)16-10-6-9-14(16,2)13(15)17/h2*3-5,7-8,11H,6,9-10H2,1-2H3,(H2,15,17)/t11-,14+;11-,14-/m00/s1. The third kappa shape index (κ3) is 5.18. The summed E-state index contributed by atoms with van der Waals surface area (Å²) in [6.45, 7) is 10.1. The van der Waals surface area contributed by atoms with Crippen LogP contribution >= 0.6 is 0 Å². The van der Waals surface area contributed by atoms with Crippen LogP contribution in [-0.4, -0.2) is 45.8 Å². The zero-order valence-electron chi connectivity index (χ0n) is 21.0. The van der Waals surface area contributed by atoms with E-state index in [1.807, 2.05) is 50.2 Å². The van der Waals surface area contributed by atoms with Crippen molar-refractivity contribution in [2.75, 3.05) is 13.1 Å². The maximum absolute atomic E-state index is 11.7. The van der Waals surface area contributed by atoms with Crippen molar-refractivity contribution in [1.29, 1.82) is 0 Å². The van der Waals surface area contributed by atoms with E-state index in [1.54, 1.807) is 0 Å². The van der Waals surface area contributed by atoms with Crippen molar-refractivity contribution in [3.63, 3.8) is 0 Å². The Kier molecular flexibility index (Phi) is 8.16. The molecule has 0 aliphatic carbocycles. The summed E-state index contributed by atoms with van der Waals surface area (Å²) in [5.41, 5.74) is 12.6. The van der Waals surface area contributed by atoms with E-state index in [0.717, 1.165) is 38.8 Å². The maximum atomic E-state index is 11.7. The second kappa shape index (κ2) is 10.7. The van der Waals surface area contributed by atoms with Crippen molar-refractivity contribution in [3.8, 4) is 0 Å². The molecule has 6 nitrogen and oxygen atoms in total. The summed E-state index contributed by atoms with van der Waals surface area (Å²) in [6.07, 6.45) is 3.80. The smallest absolute Gasteiger partial charge is 0.237 e. The number of nitrogens with two attached hydrogens (primary N) is 2. The largest absolute Gasteiger partial charge is 0.368 e. The van der Waals surface area contributed by atoms with E-state index in [0.29, 0.717) is 0 Å². The molecule has 2 aromatic rings. The third-order valence-corrected chi connectivity index (χ3v) is 7.95. The fourth-order valence-corrected chi connectivity index (χ4v) is 5.56. The zero-order chi connectivity index (χ0) is 24.9. The molecule has 184 valence electrons. The molecule has 0 spiro atoms. The predicted octanol–water partition coefficient (Wildman–Crippen LogP) is 4.17. The number of amides is 2. The average Bonchev–Trinajstić information content (AvgIpc) is 3.44. The Balaban J connectivity index is 0.000000191. The van der Waals surface area contributed by atoms with Crippen LogP contribution in [0.5, 0.6) is 0 Å². The van der Waals surface area contributed by atoms with Gasteiger partial charge in [0.2, 0.25) is 11.8 Å². The van der Waals surface area contributed by atoms with Crippen molar-refractivity contribution in [1.82, 2.24) is 9.80 Å². The second-order valence-electron chi connectivity index (χ2n) is 10.0. The van der Waals surface area contributed by atoms with Gasteiger partial charge in [-0.1, -0.05) is 60.7 Å². The number of carbonyl (C=O) groups excluding carboxylic acids is 2. The fourth-order valence-electron chi connectivity index (χ4n) is 5.56. The number of rotatable bonds is 6. The highest BCUT2D eigenvalue weighted by atomic mass is 16.2. The highest BCUT2D eigenvalue weighted by molar-refractivity contribution is 5.85. The molecule has 0 aromatic heterocycles. The summed E-state index contributed by atoms with van der Waals surface area (Å²) in [4.78, 5) is 27.8. The first-order chi connectivity index (χ1) is 16.1. The quantitative estimate of drug-likeness (QED) is 0.671. The molecule has 4 rings (SSSR count). The van der Waals surface area contributed by atoms with Crippen LogP contribution in [0.3, 0.4) is 0 Å². The molecule has 2 aliphatic heterocycles. The summed E-state index contributed by atoms with van der Waals surface area (Å²) < 4.78 is 0. The SMILES string of the molecule is C[C@@H](c1ccccc1)N1CCC[C@@]1(C)C(N)=O.C[C@@H](c1ccccc1)N1CCC[C@]1(C)C(N)=O. The van der Waals surface area contributed by atoms with E-state index in [9.17, 15) is 9.59 Å².